The molecule has 1 rings (SSSR count). The van der Waals surface area contributed by atoms with Gasteiger partial charge in [-0.15, -0.1) is 6.58 Å². The predicted octanol–water partition coefficient (Wildman–Crippen LogP) is -0.419. The maximum Gasteiger partial charge on any atom is 0.303 e. The molecule has 5 atom stereocenters. The fourth-order valence-electron chi connectivity index (χ4n) is 2.85. The van der Waals surface area contributed by atoms with Crippen molar-refractivity contribution in [3.8, 4) is 0 Å². The number of aliphatic hydroxyl groups is 1. The molecule has 0 unspecified atom stereocenters. The first-order chi connectivity index (χ1) is 12.5. The van der Waals surface area contributed by atoms with Crippen LogP contribution in [0.5, 0.6) is 0 Å². The van der Waals surface area contributed by atoms with Gasteiger partial charge in [0.15, 0.2) is 18.0 Å². The van der Waals surface area contributed by atoms with Crippen molar-refractivity contribution in [3.63, 3.8) is 0 Å². The number of carbonyl (C=O) groups is 4. The molecule has 1 amide bonds. The lowest BCUT2D eigenvalue weighted by atomic mass is 9.87. The molecular formula is C17H25NO9. The third-order valence-corrected chi connectivity index (χ3v) is 3.71. The molecule has 0 bridgehead atoms. The van der Waals surface area contributed by atoms with Crippen molar-refractivity contribution >= 4 is 23.8 Å². The zero-order chi connectivity index (χ0) is 20.8. The Labute approximate surface area is 156 Å². The van der Waals surface area contributed by atoms with Crippen LogP contribution in [0.15, 0.2) is 12.7 Å². The first-order valence-electron chi connectivity index (χ1n) is 8.26. The Bertz CT molecular complexity index is 605. The number of ether oxygens (including phenoxy) is 4. The van der Waals surface area contributed by atoms with Gasteiger partial charge in [0, 0.05) is 34.1 Å². The van der Waals surface area contributed by atoms with E-state index in [9.17, 15) is 24.3 Å². The van der Waals surface area contributed by atoms with Gasteiger partial charge in [0.2, 0.25) is 5.91 Å². The van der Waals surface area contributed by atoms with Gasteiger partial charge in [-0.25, -0.2) is 0 Å². The largest absolute Gasteiger partial charge is 0.463 e. The molecule has 10 nitrogen and oxygen atoms in total. The minimum Gasteiger partial charge on any atom is -0.463 e. The molecule has 0 saturated carbocycles. The minimum absolute atomic E-state index is 0.154. The summed E-state index contributed by atoms with van der Waals surface area (Å²) in [4.78, 5) is 46.0. The van der Waals surface area contributed by atoms with E-state index in [1.807, 2.05) is 0 Å². The monoisotopic (exact) mass is 387 g/mol. The van der Waals surface area contributed by atoms with Gasteiger partial charge in [-0.1, -0.05) is 6.08 Å². The number of nitrogens with one attached hydrogen (secondary N) is 1. The molecule has 1 aliphatic rings. The van der Waals surface area contributed by atoms with Crippen LogP contribution >= 0.6 is 0 Å². The van der Waals surface area contributed by atoms with Gasteiger partial charge in [0.05, 0.1) is 0 Å². The van der Waals surface area contributed by atoms with E-state index in [4.69, 9.17) is 18.9 Å². The maximum atomic E-state index is 11.6. The van der Waals surface area contributed by atoms with Gasteiger partial charge in [-0.05, 0) is 0 Å². The number of hydrogen-bond donors (Lipinski definition) is 2. The quantitative estimate of drug-likeness (QED) is 0.339. The van der Waals surface area contributed by atoms with Crippen LogP contribution < -0.4 is 5.32 Å². The van der Waals surface area contributed by atoms with E-state index in [0.29, 0.717) is 0 Å². The number of hydrogen-bond acceptors (Lipinski definition) is 9. The van der Waals surface area contributed by atoms with Crippen LogP contribution in [0.25, 0.3) is 0 Å². The third kappa shape index (κ3) is 6.33. The van der Waals surface area contributed by atoms with Gasteiger partial charge in [0.25, 0.3) is 0 Å². The number of carbonyl (C=O) groups excluding carboxylic acids is 4. The fraction of sp³-hybridized carbons (Fsp3) is 0.647. The molecule has 0 aliphatic carbocycles. The van der Waals surface area contributed by atoms with Crippen molar-refractivity contribution in [1.29, 1.82) is 0 Å². The second-order valence-electron chi connectivity index (χ2n) is 6.12. The molecule has 2 N–H and O–H groups in total. The lowest BCUT2D eigenvalue weighted by Gasteiger charge is -2.49. The van der Waals surface area contributed by atoms with Crippen LogP contribution in [-0.4, -0.2) is 65.7 Å². The Hall–Kier alpha value is -2.46. The Balaban J connectivity index is 3.38. The molecular weight excluding hydrogens is 362 g/mol. The summed E-state index contributed by atoms with van der Waals surface area (Å²) in [5.41, 5.74) is 0. The molecule has 152 valence electrons. The van der Waals surface area contributed by atoms with Crippen molar-refractivity contribution in [3.05, 3.63) is 12.7 Å². The van der Waals surface area contributed by atoms with E-state index in [1.165, 1.54) is 19.9 Å². The van der Waals surface area contributed by atoms with E-state index in [0.717, 1.165) is 13.8 Å². The number of amides is 1. The van der Waals surface area contributed by atoms with E-state index >= 15 is 0 Å². The fourth-order valence-corrected chi connectivity index (χ4v) is 2.85. The van der Waals surface area contributed by atoms with E-state index < -0.39 is 54.0 Å². The molecule has 0 aromatic heterocycles. The summed E-state index contributed by atoms with van der Waals surface area (Å²) in [5.74, 6) is -4.66. The highest BCUT2D eigenvalue weighted by Gasteiger charge is 2.57. The molecule has 27 heavy (non-hydrogen) atoms. The zero-order valence-electron chi connectivity index (χ0n) is 15.7. The van der Waals surface area contributed by atoms with Crippen molar-refractivity contribution in [1.82, 2.24) is 5.32 Å². The maximum absolute atomic E-state index is 11.6. The Morgan fingerprint density at radius 1 is 1.07 bits per heavy atom. The second kappa shape index (κ2) is 9.47. The van der Waals surface area contributed by atoms with Crippen molar-refractivity contribution < 1.29 is 43.2 Å². The summed E-state index contributed by atoms with van der Waals surface area (Å²) in [6, 6.07) is -1.27. The van der Waals surface area contributed by atoms with Crippen LogP contribution in [0.1, 0.15) is 34.1 Å². The van der Waals surface area contributed by atoms with Crippen molar-refractivity contribution in [2.45, 2.75) is 64.3 Å². The summed E-state index contributed by atoms with van der Waals surface area (Å²) >= 11 is 0. The van der Waals surface area contributed by atoms with Gasteiger partial charge in [0.1, 0.15) is 18.8 Å². The van der Waals surface area contributed by atoms with Crippen molar-refractivity contribution in [2.75, 3.05) is 6.61 Å². The van der Waals surface area contributed by atoms with Crippen LogP contribution in [0.4, 0.5) is 0 Å². The number of rotatable bonds is 7. The summed E-state index contributed by atoms with van der Waals surface area (Å²) in [7, 11) is 0. The van der Waals surface area contributed by atoms with E-state index in [1.54, 1.807) is 0 Å². The smallest absolute Gasteiger partial charge is 0.303 e. The Morgan fingerprint density at radius 2 is 1.63 bits per heavy atom. The Morgan fingerprint density at radius 3 is 2.07 bits per heavy atom. The molecule has 0 aromatic rings. The predicted molar refractivity (Wildman–Crippen MR) is 90.0 cm³/mol. The molecule has 0 spiro atoms. The highest BCUT2D eigenvalue weighted by Crippen LogP contribution is 2.34. The summed E-state index contributed by atoms with van der Waals surface area (Å²) in [6.45, 7) is 7.78. The lowest BCUT2D eigenvalue weighted by molar-refractivity contribution is -0.319. The van der Waals surface area contributed by atoms with Gasteiger partial charge < -0.3 is 29.4 Å². The highest BCUT2D eigenvalue weighted by molar-refractivity contribution is 5.74. The van der Waals surface area contributed by atoms with E-state index in [-0.39, 0.29) is 13.0 Å². The standard InChI is InChI=1S/C17H25NO9/c1-6-7-17(23)16(18-9(2)19)15(26-12(5)22)14(25-11(4)21)13(27-17)8-24-10(3)20/h6,13-16,23H,1,7-8H2,2-5H3,(H,18,19)/t13-,14-,15+,16-,17+/m1/s1. The van der Waals surface area contributed by atoms with Gasteiger partial charge in [-0.3, -0.25) is 19.2 Å². The first kappa shape index (κ1) is 22.6. The van der Waals surface area contributed by atoms with E-state index in [2.05, 4.69) is 11.9 Å². The third-order valence-electron chi connectivity index (χ3n) is 3.71. The topological polar surface area (TPSA) is 137 Å². The van der Waals surface area contributed by atoms with Crippen LogP contribution in [0.3, 0.4) is 0 Å². The van der Waals surface area contributed by atoms with Gasteiger partial charge >= 0.3 is 17.9 Å². The van der Waals surface area contributed by atoms with Crippen LogP contribution in [0, 0.1) is 0 Å². The highest BCUT2D eigenvalue weighted by atomic mass is 16.7. The Kier molecular flexibility index (Phi) is 7.92. The molecule has 0 aromatic carbocycles. The average molecular weight is 387 g/mol. The second-order valence-corrected chi connectivity index (χ2v) is 6.12. The summed E-state index contributed by atoms with van der Waals surface area (Å²) < 4.78 is 21.0. The SMILES string of the molecule is C=CC[C@]1(O)O[C@H](COC(C)=O)[C@@H](OC(C)=O)[C@H](OC(C)=O)[C@H]1NC(C)=O. The molecule has 1 fully saturated rings. The van der Waals surface area contributed by atoms with Crippen LogP contribution in [-0.2, 0) is 38.1 Å². The molecule has 1 aliphatic heterocycles. The van der Waals surface area contributed by atoms with Crippen LogP contribution in [0.2, 0.25) is 0 Å². The summed E-state index contributed by atoms with van der Waals surface area (Å²) in [6.07, 6.45) is -2.51. The van der Waals surface area contributed by atoms with Gasteiger partial charge in [-0.2, -0.15) is 0 Å². The average Bonchev–Trinajstić information content (AvgIpc) is 2.51. The molecule has 0 radical (unpaired) electrons. The minimum atomic E-state index is -2.05. The molecule has 10 heteroatoms. The zero-order valence-corrected chi connectivity index (χ0v) is 15.7. The first-order valence-corrected chi connectivity index (χ1v) is 8.26. The summed E-state index contributed by atoms with van der Waals surface area (Å²) in [5, 5.41) is 13.4. The van der Waals surface area contributed by atoms with Crippen molar-refractivity contribution in [2.24, 2.45) is 0 Å². The molecule has 1 saturated heterocycles. The normalized spacial score (nSPS) is 30.0. The molecule has 1 heterocycles. The lowest BCUT2D eigenvalue weighted by Crippen LogP contribution is -2.71. The number of esters is 3.